The van der Waals surface area contributed by atoms with Crippen molar-refractivity contribution in [3.63, 3.8) is 0 Å². The Morgan fingerprint density at radius 3 is 2.57 bits per heavy atom. The van der Waals surface area contributed by atoms with E-state index in [-0.39, 0.29) is 17.0 Å². The van der Waals surface area contributed by atoms with Crippen LogP contribution in [0.15, 0.2) is 17.0 Å². The zero-order chi connectivity index (χ0) is 16.0. The molecule has 1 rings (SSSR count). The van der Waals surface area contributed by atoms with Crippen molar-refractivity contribution in [3.8, 4) is 0 Å². The Labute approximate surface area is 123 Å². The van der Waals surface area contributed by atoms with Crippen LogP contribution < -0.4 is 10.0 Å². The largest absolute Gasteiger partial charge is 0.478 e. The van der Waals surface area contributed by atoms with Crippen molar-refractivity contribution in [1.82, 2.24) is 10.0 Å². The minimum Gasteiger partial charge on any atom is -0.478 e. The molecule has 1 aromatic rings. The molecule has 0 unspecified atom stereocenters. The lowest BCUT2D eigenvalue weighted by molar-refractivity contribution is 0.0696. The molecule has 6 nitrogen and oxygen atoms in total. The Bertz CT molecular complexity index is 617. The van der Waals surface area contributed by atoms with Gasteiger partial charge in [-0.2, -0.15) is 0 Å². The fourth-order valence-corrected chi connectivity index (χ4v) is 3.08. The first kappa shape index (κ1) is 17.5. The van der Waals surface area contributed by atoms with Crippen molar-refractivity contribution in [1.29, 1.82) is 0 Å². The zero-order valence-corrected chi connectivity index (χ0v) is 12.8. The molecule has 0 saturated carbocycles. The second kappa shape index (κ2) is 7.48. The molecule has 0 bridgehead atoms. The number of benzene rings is 1. The van der Waals surface area contributed by atoms with E-state index in [4.69, 9.17) is 5.11 Å². The van der Waals surface area contributed by atoms with Gasteiger partial charge in [-0.1, -0.05) is 6.92 Å². The van der Waals surface area contributed by atoms with Gasteiger partial charge in [0, 0.05) is 12.1 Å². The fourth-order valence-electron chi connectivity index (χ4n) is 1.73. The average Bonchev–Trinajstić information content (AvgIpc) is 2.40. The van der Waals surface area contributed by atoms with Gasteiger partial charge in [0.2, 0.25) is 10.0 Å². The molecule has 0 saturated heterocycles. The molecule has 0 aliphatic rings. The number of nitrogens with one attached hydrogen (secondary N) is 2. The van der Waals surface area contributed by atoms with Crippen LogP contribution in [-0.2, 0) is 10.0 Å². The van der Waals surface area contributed by atoms with E-state index in [1.165, 1.54) is 6.92 Å². The van der Waals surface area contributed by atoms with Crippen LogP contribution >= 0.6 is 0 Å². The molecule has 8 heteroatoms. The number of hydrogen-bond acceptors (Lipinski definition) is 4. The Balaban J connectivity index is 2.94. The number of rotatable bonds is 8. The molecular weight excluding hydrogens is 299 g/mol. The lowest BCUT2D eigenvalue weighted by Crippen LogP contribution is -2.28. The Kier molecular flexibility index (Phi) is 6.25. The summed E-state index contributed by atoms with van der Waals surface area (Å²) >= 11 is 0. The maximum absolute atomic E-state index is 13.7. The van der Waals surface area contributed by atoms with Crippen molar-refractivity contribution in [3.05, 3.63) is 29.1 Å². The Hall–Kier alpha value is -1.51. The summed E-state index contributed by atoms with van der Waals surface area (Å²) in [6.45, 7) is 4.87. The molecule has 3 N–H and O–H groups in total. The van der Waals surface area contributed by atoms with Gasteiger partial charge in [0.1, 0.15) is 5.82 Å². The summed E-state index contributed by atoms with van der Waals surface area (Å²) in [5.74, 6) is -2.24. The number of halogens is 1. The number of sulfonamides is 1. The SMILES string of the molecule is CCNCCCNS(=O)(=O)c1cc(C(=O)O)cc(F)c1C. The van der Waals surface area contributed by atoms with Gasteiger partial charge in [0.15, 0.2) is 0 Å². The smallest absolute Gasteiger partial charge is 0.335 e. The highest BCUT2D eigenvalue weighted by molar-refractivity contribution is 7.89. The predicted molar refractivity (Wildman–Crippen MR) is 76.4 cm³/mol. The molecule has 1 aromatic carbocycles. The van der Waals surface area contributed by atoms with Gasteiger partial charge in [-0.05, 0) is 38.6 Å². The summed E-state index contributed by atoms with van der Waals surface area (Å²) in [6.07, 6.45) is 0.577. The molecule has 0 atom stereocenters. The molecular formula is C13H19FN2O4S. The topological polar surface area (TPSA) is 95.5 Å². The highest BCUT2D eigenvalue weighted by atomic mass is 32.2. The van der Waals surface area contributed by atoms with Crippen molar-refractivity contribution >= 4 is 16.0 Å². The molecule has 0 radical (unpaired) electrons. The first-order valence-electron chi connectivity index (χ1n) is 6.53. The Morgan fingerprint density at radius 1 is 1.33 bits per heavy atom. The van der Waals surface area contributed by atoms with Crippen molar-refractivity contribution in [2.45, 2.75) is 25.2 Å². The first-order valence-corrected chi connectivity index (χ1v) is 8.01. The third-order valence-corrected chi connectivity index (χ3v) is 4.49. The van der Waals surface area contributed by atoms with E-state index >= 15 is 0 Å². The van der Waals surface area contributed by atoms with Gasteiger partial charge in [-0.15, -0.1) is 0 Å². The van der Waals surface area contributed by atoms with Crippen LogP contribution in [0.3, 0.4) is 0 Å². The fraction of sp³-hybridized carbons (Fsp3) is 0.462. The molecule has 0 aliphatic carbocycles. The third kappa shape index (κ3) is 4.76. The van der Waals surface area contributed by atoms with Crippen molar-refractivity contribution in [2.75, 3.05) is 19.6 Å². The van der Waals surface area contributed by atoms with E-state index < -0.39 is 27.4 Å². The molecule has 0 aliphatic heterocycles. The second-order valence-corrected chi connectivity index (χ2v) is 6.23. The molecule has 118 valence electrons. The maximum atomic E-state index is 13.7. The highest BCUT2D eigenvalue weighted by Crippen LogP contribution is 2.20. The number of carbonyl (C=O) groups is 1. The summed E-state index contributed by atoms with van der Waals surface area (Å²) in [5.41, 5.74) is -0.495. The molecule has 0 spiro atoms. The van der Waals surface area contributed by atoms with E-state index in [1.807, 2.05) is 6.92 Å². The van der Waals surface area contributed by atoms with Crippen LogP contribution in [0.1, 0.15) is 29.3 Å². The van der Waals surface area contributed by atoms with Gasteiger partial charge in [-0.3, -0.25) is 0 Å². The maximum Gasteiger partial charge on any atom is 0.335 e. The van der Waals surface area contributed by atoms with Gasteiger partial charge < -0.3 is 10.4 Å². The number of carboxylic acid groups (broad SMARTS) is 1. The van der Waals surface area contributed by atoms with Gasteiger partial charge >= 0.3 is 5.97 Å². The van der Waals surface area contributed by atoms with Crippen LogP contribution in [0.4, 0.5) is 4.39 Å². The summed E-state index contributed by atoms with van der Waals surface area (Å²) in [6, 6.07) is 1.77. The Morgan fingerprint density at radius 2 is 2.00 bits per heavy atom. The number of aromatic carboxylic acids is 1. The van der Waals surface area contributed by atoms with Crippen LogP contribution in [0.5, 0.6) is 0 Å². The summed E-state index contributed by atoms with van der Waals surface area (Å²) in [5, 5.41) is 11.9. The van der Waals surface area contributed by atoms with Crippen LogP contribution in [-0.4, -0.2) is 39.1 Å². The van der Waals surface area contributed by atoms with E-state index in [1.54, 1.807) is 0 Å². The van der Waals surface area contributed by atoms with Crippen LogP contribution in [0.25, 0.3) is 0 Å². The van der Waals surface area contributed by atoms with Crippen molar-refractivity contribution < 1.29 is 22.7 Å². The minimum absolute atomic E-state index is 0.0980. The number of hydrogen-bond donors (Lipinski definition) is 3. The molecule has 0 aromatic heterocycles. The second-order valence-electron chi connectivity index (χ2n) is 4.49. The number of carboxylic acids is 1. The molecule has 0 amide bonds. The predicted octanol–water partition coefficient (Wildman–Crippen LogP) is 1.11. The molecule has 21 heavy (non-hydrogen) atoms. The van der Waals surface area contributed by atoms with E-state index in [2.05, 4.69) is 10.0 Å². The monoisotopic (exact) mass is 318 g/mol. The van der Waals surface area contributed by atoms with Crippen molar-refractivity contribution in [2.24, 2.45) is 0 Å². The van der Waals surface area contributed by atoms with E-state index in [9.17, 15) is 17.6 Å². The van der Waals surface area contributed by atoms with E-state index in [0.29, 0.717) is 13.0 Å². The average molecular weight is 318 g/mol. The minimum atomic E-state index is -3.94. The lowest BCUT2D eigenvalue weighted by atomic mass is 10.1. The standard InChI is InChI=1S/C13H19FN2O4S/c1-3-15-5-4-6-16-21(19,20)12-8-10(13(17)18)7-11(14)9(12)2/h7-8,15-16H,3-6H2,1-2H3,(H,17,18). The quantitative estimate of drug-likeness (QED) is 0.624. The third-order valence-electron chi connectivity index (χ3n) is 2.91. The summed E-state index contributed by atoms with van der Waals surface area (Å²) < 4.78 is 40.2. The highest BCUT2D eigenvalue weighted by Gasteiger charge is 2.21. The summed E-state index contributed by atoms with van der Waals surface area (Å²) in [4.78, 5) is 10.5. The summed E-state index contributed by atoms with van der Waals surface area (Å²) in [7, 11) is -3.94. The normalized spacial score (nSPS) is 11.6. The van der Waals surface area contributed by atoms with Gasteiger partial charge in [-0.25, -0.2) is 22.3 Å². The van der Waals surface area contributed by atoms with Crippen LogP contribution in [0, 0.1) is 12.7 Å². The zero-order valence-electron chi connectivity index (χ0n) is 11.9. The van der Waals surface area contributed by atoms with Gasteiger partial charge in [0.05, 0.1) is 10.5 Å². The van der Waals surface area contributed by atoms with Crippen LogP contribution in [0.2, 0.25) is 0 Å². The molecule has 0 heterocycles. The molecule has 0 fully saturated rings. The van der Waals surface area contributed by atoms with E-state index in [0.717, 1.165) is 18.7 Å². The van der Waals surface area contributed by atoms with Gasteiger partial charge in [0.25, 0.3) is 0 Å². The first-order chi connectivity index (χ1) is 9.79. The lowest BCUT2D eigenvalue weighted by Gasteiger charge is -2.11.